The minimum atomic E-state index is -0.0592. The normalized spacial score (nSPS) is 24.5. The number of aliphatic imine (C=N–C) groups is 2. The summed E-state index contributed by atoms with van der Waals surface area (Å²) in [6.07, 6.45) is 9.17. The summed E-state index contributed by atoms with van der Waals surface area (Å²) in [6, 6.07) is 0. The molecule has 7 heteroatoms. The van der Waals surface area contributed by atoms with Crippen molar-refractivity contribution in [3.8, 4) is 0 Å². The van der Waals surface area contributed by atoms with Gasteiger partial charge in [0, 0.05) is 11.5 Å². The number of amidine groups is 1. The number of carbonyl (C=O) groups is 1. The molecule has 1 amide bonds. The van der Waals surface area contributed by atoms with Crippen molar-refractivity contribution in [2.24, 2.45) is 15.9 Å². The van der Waals surface area contributed by atoms with Crippen LogP contribution in [0.25, 0.3) is 0 Å². The Kier molecular flexibility index (Phi) is 5.10. The smallest absolute Gasteiger partial charge is 0.228 e. The van der Waals surface area contributed by atoms with E-state index in [9.17, 15) is 4.79 Å². The number of rotatable bonds is 3. The van der Waals surface area contributed by atoms with Gasteiger partial charge in [-0.05, 0) is 52.1 Å². The van der Waals surface area contributed by atoms with Crippen LogP contribution in [0, 0.1) is 5.92 Å². The van der Waals surface area contributed by atoms with Gasteiger partial charge in [0.05, 0.1) is 17.7 Å². The van der Waals surface area contributed by atoms with Gasteiger partial charge < -0.3 is 21.3 Å². The number of hydrogen-bond acceptors (Lipinski definition) is 6. The van der Waals surface area contributed by atoms with Crippen molar-refractivity contribution in [3.05, 3.63) is 35.3 Å². The van der Waals surface area contributed by atoms with E-state index >= 15 is 0 Å². The quantitative estimate of drug-likeness (QED) is 0.455. The van der Waals surface area contributed by atoms with Gasteiger partial charge in [-0.3, -0.25) is 4.79 Å². The molecule has 1 saturated heterocycles. The van der Waals surface area contributed by atoms with E-state index in [-0.39, 0.29) is 18.0 Å². The first-order valence-corrected chi connectivity index (χ1v) is 8.37. The number of amides is 1. The van der Waals surface area contributed by atoms with Crippen LogP contribution in [0.1, 0.15) is 26.7 Å². The number of allylic oxidation sites excluding steroid dienone is 1. The molecule has 0 aliphatic carbocycles. The van der Waals surface area contributed by atoms with Gasteiger partial charge in [-0.25, -0.2) is 9.98 Å². The molecule has 1 unspecified atom stereocenters. The average molecular weight is 328 g/mol. The lowest BCUT2D eigenvalue weighted by Crippen LogP contribution is -2.40. The second-order valence-electron chi connectivity index (χ2n) is 6.04. The van der Waals surface area contributed by atoms with Crippen molar-refractivity contribution >= 4 is 18.1 Å². The van der Waals surface area contributed by atoms with Gasteiger partial charge >= 0.3 is 0 Å². The van der Waals surface area contributed by atoms with Crippen LogP contribution in [0.5, 0.6) is 0 Å². The lowest BCUT2D eigenvalue weighted by molar-refractivity contribution is -0.124. The Labute approximate surface area is 142 Å². The van der Waals surface area contributed by atoms with Crippen molar-refractivity contribution in [2.45, 2.75) is 32.9 Å². The molecule has 4 N–H and O–H groups in total. The number of hydrogen-bond donors (Lipinski definition) is 4. The molecule has 3 aliphatic heterocycles. The van der Waals surface area contributed by atoms with E-state index in [4.69, 9.17) is 0 Å². The lowest BCUT2D eigenvalue weighted by Gasteiger charge is -2.22. The van der Waals surface area contributed by atoms with Crippen LogP contribution in [0.4, 0.5) is 0 Å². The number of fused-ring (bicyclic) bond motifs is 1. The number of piperidine rings is 1. The highest BCUT2D eigenvalue weighted by Crippen LogP contribution is 2.23. The van der Waals surface area contributed by atoms with Crippen molar-refractivity contribution in [2.75, 3.05) is 13.1 Å². The summed E-state index contributed by atoms with van der Waals surface area (Å²) in [5, 5.41) is 12.5. The minimum absolute atomic E-state index is 0.0592. The fraction of sp³-hybridized carbons (Fsp3) is 0.471. The SMILES string of the molecule is C/C=C(\N=C(C)NC(=O)C1CCNCC1)C1=C2C=CNC2N=CN1. The Balaban J connectivity index is 1.71. The molecule has 0 aromatic rings. The summed E-state index contributed by atoms with van der Waals surface area (Å²) in [6.45, 7) is 5.55. The van der Waals surface area contributed by atoms with Crippen LogP contribution >= 0.6 is 0 Å². The summed E-state index contributed by atoms with van der Waals surface area (Å²) in [5.41, 5.74) is 2.75. The van der Waals surface area contributed by atoms with Crippen LogP contribution < -0.4 is 21.3 Å². The predicted molar refractivity (Wildman–Crippen MR) is 95.3 cm³/mol. The molecule has 128 valence electrons. The monoisotopic (exact) mass is 328 g/mol. The molecule has 0 aromatic heterocycles. The third kappa shape index (κ3) is 3.56. The average Bonchev–Trinajstić information content (AvgIpc) is 3.09. The molecular weight excluding hydrogens is 304 g/mol. The van der Waals surface area contributed by atoms with Crippen molar-refractivity contribution in [3.63, 3.8) is 0 Å². The fourth-order valence-corrected chi connectivity index (χ4v) is 3.07. The maximum absolute atomic E-state index is 12.3. The van der Waals surface area contributed by atoms with Gasteiger partial charge in [0.25, 0.3) is 0 Å². The van der Waals surface area contributed by atoms with Gasteiger partial charge in [-0.2, -0.15) is 0 Å². The Bertz CT molecular complexity index is 652. The molecule has 3 heterocycles. The topological polar surface area (TPSA) is 89.9 Å². The third-order valence-electron chi connectivity index (χ3n) is 4.36. The molecule has 24 heavy (non-hydrogen) atoms. The summed E-state index contributed by atoms with van der Waals surface area (Å²) < 4.78 is 0. The van der Waals surface area contributed by atoms with E-state index in [1.165, 1.54) is 0 Å². The van der Waals surface area contributed by atoms with E-state index < -0.39 is 0 Å². The minimum Gasteiger partial charge on any atom is -0.366 e. The van der Waals surface area contributed by atoms with Crippen LogP contribution in [0.15, 0.2) is 45.3 Å². The zero-order chi connectivity index (χ0) is 16.9. The fourth-order valence-electron chi connectivity index (χ4n) is 3.07. The van der Waals surface area contributed by atoms with Crippen LogP contribution in [0.2, 0.25) is 0 Å². The molecule has 0 bridgehead atoms. The second-order valence-corrected chi connectivity index (χ2v) is 6.04. The van der Waals surface area contributed by atoms with E-state index in [1.807, 2.05) is 32.2 Å². The summed E-state index contributed by atoms with van der Waals surface area (Å²) in [7, 11) is 0. The molecular formula is C17H24N6O. The summed E-state index contributed by atoms with van der Waals surface area (Å²) in [5.74, 6) is 0.735. The Morgan fingerprint density at radius 2 is 2.21 bits per heavy atom. The van der Waals surface area contributed by atoms with Gasteiger partial charge in [-0.15, -0.1) is 0 Å². The molecule has 0 saturated carbocycles. The molecule has 1 atom stereocenters. The van der Waals surface area contributed by atoms with E-state index in [0.717, 1.165) is 42.9 Å². The van der Waals surface area contributed by atoms with E-state index in [1.54, 1.807) is 6.34 Å². The standard InChI is InChI=1S/C17H24N6O/c1-3-14(15-13-6-9-19-16(13)21-10-20-15)22-11(2)23-17(24)12-4-7-18-8-5-12/h3,6,9-10,12,16,18-19H,4-5,7-8H2,1-2H3,(H,20,21)(H,22,23,24)/b14-3-. The van der Waals surface area contributed by atoms with E-state index in [0.29, 0.717) is 5.84 Å². The molecule has 7 nitrogen and oxygen atoms in total. The highest BCUT2D eigenvalue weighted by atomic mass is 16.1. The lowest BCUT2D eigenvalue weighted by atomic mass is 9.97. The number of carbonyl (C=O) groups excluding carboxylic acids is 1. The molecule has 0 spiro atoms. The first kappa shape index (κ1) is 16.4. The van der Waals surface area contributed by atoms with Gasteiger partial charge in [0.2, 0.25) is 5.91 Å². The largest absolute Gasteiger partial charge is 0.366 e. The van der Waals surface area contributed by atoms with Crippen LogP contribution in [-0.2, 0) is 4.79 Å². The van der Waals surface area contributed by atoms with Gasteiger partial charge in [0.15, 0.2) is 0 Å². The van der Waals surface area contributed by atoms with Gasteiger partial charge in [-0.1, -0.05) is 6.08 Å². The van der Waals surface area contributed by atoms with E-state index in [2.05, 4.69) is 31.3 Å². The molecule has 3 aliphatic rings. The zero-order valence-corrected chi connectivity index (χ0v) is 14.1. The third-order valence-corrected chi connectivity index (χ3v) is 4.36. The zero-order valence-electron chi connectivity index (χ0n) is 14.1. The highest BCUT2D eigenvalue weighted by Gasteiger charge is 2.24. The molecule has 3 rings (SSSR count). The number of nitrogens with zero attached hydrogens (tertiary/aromatic N) is 2. The summed E-state index contributed by atoms with van der Waals surface area (Å²) in [4.78, 5) is 21.3. The first-order valence-electron chi connectivity index (χ1n) is 8.37. The number of nitrogens with one attached hydrogen (secondary N) is 4. The predicted octanol–water partition coefficient (Wildman–Crippen LogP) is 0.753. The maximum atomic E-state index is 12.3. The van der Waals surface area contributed by atoms with Crippen LogP contribution in [0.3, 0.4) is 0 Å². The second kappa shape index (κ2) is 7.44. The molecule has 0 aromatic carbocycles. The first-order chi connectivity index (χ1) is 11.7. The highest BCUT2D eigenvalue weighted by molar-refractivity contribution is 5.98. The summed E-state index contributed by atoms with van der Waals surface area (Å²) >= 11 is 0. The molecule has 1 fully saturated rings. The Hall–Kier alpha value is -2.41. The van der Waals surface area contributed by atoms with Gasteiger partial charge in [0.1, 0.15) is 12.0 Å². The van der Waals surface area contributed by atoms with Crippen molar-refractivity contribution < 1.29 is 4.79 Å². The van der Waals surface area contributed by atoms with Crippen molar-refractivity contribution in [1.29, 1.82) is 0 Å². The Morgan fingerprint density at radius 1 is 1.42 bits per heavy atom. The molecule has 0 radical (unpaired) electrons. The Morgan fingerprint density at radius 3 is 2.96 bits per heavy atom. The maximum Gasteiger partial charge on any atom is 0.228 e. The van der Waals surface area contributed by atoms with Crippen LogP contribution in [-0.4, -0.2) is 37.3 Å². The van der Waals surface area contributed by atoms with Crippen molar-refractivity contribution in [1.82, 2.24) is 21.3 Å².